The summed E-state index contributed by atoms with van der Waals surface area (Å²) in [6.45, 7) is 6.98. The lowest BCUT2D eigenvalue weighted by Crippen LogP contribution is -2.24. The minimum atomic E-state index is 0.780. The molecule has 1 aliphatic carbocycles. The number of nitrogens with one attached hydrogen (secondary N) is 1. The number of hydrogen-bond donors (Lipinski definition) is 1. The Kier molecular flexibility index (Phi) is 5.36. The third-order valence-corrected chi connectivity index (χ3v) is 5.53. The van der Waals surface area contributed by atoms with Crippen LogP contribution in [0.5, 0.6) is 0 Å². The van der Waals surface area contributed by atoms with Gasteiger partial charge in [-0.05, 0) is 68.3 Å². The van der Waals surface area contributed by atoms with Gasteiger partial charge in [-0.25, -0.2) is 0 Å². The second-order valence-corrected chi connectivity index (χ2v) is 7.75. The Bertz CT molecular complexity index is 470. The molecule has 21 heavy (non-hydrogen) atoms. The highest BCUT2D eigenvalue weighted by atomic mass is 79.9. The van der Waals surface area contributed by atoms with E-state index in [1.165, 1.54) is 60.8 Å². The molecule has 2 aliphatic rings. The fraction of sp³-hybridized carbons (Fsp3) is 0.667. The zero-order valence-corrected chi connectivity index (χ0v) is 14.7. The Morgan fingerprint density at radius 2 is 2.05 bits per heavy atom. The van der Waals surface area contributed by atoms with Gasteiger partial charge in [0.2, 0.25) is 0 Å². The Balaban J connectivity index is 1.56. The SMILES string of the molecule is CC1CCCN(Cc2ccc(CNC3CC3)cc2Br)CC1. The molecule has 1 aromatic carbocycles. The van der Waals surface area contributed by atoms with Gasteiger partial charge in [0.05, 0.1) is 0 Å². The summed E-state index contributed by atoms with van der Waals surface area (Å²) in [5.41, 5.74) is 2.82. The Morgan fingerprint density at radius 1 is 1.19 bits per heavy atom. The van der Waals surface area contributed by atoms with Crippen LogP contribution in [0, 0.1) is 5.92 Å². The van der Waals surface area contributed by atoms with E-state index in [1.807, 2.05) is 0 Å². The van der Waals surface area contributed by atoms with Crippen molar-refractivity contribution in [1.29, 1.82) is 0 Å². The van der Waals surface area contributed by atoms with Crippen LogP contribution in [-0.4, -0.2) is 24.0 Å². The average Bonchev–Trinajstić information content (AvgIpc) is 3.29. The molecule has 2 nitrogen and oxygen atoms in total. The minimum Gasteiger partial charge on any atom is -0.310 e. The molecule has 1 atom stereocenters. The minimum absolute atomic E-state index is 0.780. The quantitative estimate of drug-likeness (QED) is 0.850. The van der Waals surface area contributed by atoms with E-state index in [0.29, 0.717) is 0 Å². The molecule has 1 N–H and O–H groups in total. The van der Waals surface area contributed by atoms with Crippen molar-refractivity contribution in [3.8, 4) is 0 Å². The average molecular weight is 351 g/mol. The molecule has 0 aromatic heterocycles. The summed E-state index contributed by atoms with van der Waals surface area (Å²) < 4.78 is 1.27. The molecule has 1 aliphatic heterocycles. The predicted octanol–water partition coefficient (Wildman–Crippen LogP) is 4.32. The van der Waals surface area contributed by atoms with E-state index >= 15 is 0 Å². The molecule has 2 fully saturated rings. The summed E-state index contributed by atoms with van der Waals surface area (Å²) in [5.74, 6) is 0.898. The molecule has 1 saturated carbocycles. The number of likely N-dealkylation sites (tertiary alicyclic amines) is 1. The summed E-state index contributed by atoms with van der Waals surface area (Å²) in [6, 6.07) is 7.67. The van der Waals surface area contributed by atoms with Crippen LogP contribution in [-0.2, 0) is 13.1 Å². The smallest absolute Gasteiger partial charge is 0.0244 e. The maximum Gasteiger partial charge on any atom is 0.0244 e. The maximum atomic E-state index is 3.77. The van der Waals surface area contributed by atoms with E-state index < -0.39 is 0 Å². The van der Waals surface area contributed by atoms with Crippen molar-refractivity contribution in [2.45, 2.75) is 58.2 Å². The van der Waals surface area contributed by atoms with Gasteiger partial charge in [-0.15, -0.1) is 0 Å². The number of benzene rings is 1. The van der Waals surface area contributed by atoms with E-state index in [1.54, 1.807) is 0 Å². The van der Waals surface area contributed by atoms with E-state index in [2.05, 4.69) is 51.3 Å². The van der Waals surface area contributed by atoms with E-state index in [-0.39, 0.29) is 0 Å². The zero-order chi connectivity index (χ0) is 14.7. The predicted molar refractivity (Wildman–Crippen MR) is 92.3 cm³/mol. The first-order valence-electron chi connectivity index (χ1n) is 8.44. The second kappa shape index (κ2) is 7.26. The molecule has 1 heterocycles. The van der Waals surface area contributed by atoms with E-state index in [0.717, 1.165) is 25.0 Å². The first-order valence-corrected chi connectivity index (χ1v) is 9.23. The van der Waals surface area contributed by atoms with Crippen molar-refractivity contribution in [3.63, 3.8) is 0 Å². The Labute approximate surface area is 137 Å². The van der Waals surface area contributed by atoms with Crippen molar-refractivity contribution in [2.75, 3.05) is 13.1 Å². The molecule has 0 spiro atoms. The van der Waals surface area contributed by atoms with Crippen molar-refractivity contribution in [1.82, 2.24) is 10.2 Å². The van der Waals surface area contributed by atoms with Crippen LogP contribution >= 0.6 is 15.9 Å². The van der Waals surface area contributed by atoms with Gasteiger partial charge in [0.1, 0.15) is 0 Å². The maximum absolute atomic E-state index is 3.77. The van der Waals surface area contributed by atoms with Gasteiger partial charge < -0.3 is 5.32 Å². The number of hydrogen-bond acceptors (Lipinski definition) is 2. The first kappa shape index (κ1) is 15.5. The zero-order valence-electron chi connectivity index (χ0n) is 13.1. The largest absolute Gasteiger partial charge is 0.310 e. The van der Waals surface area contributed by atoms with Crippen LogP contribution in [0.3, 0.4) is 0 Å². The molecule has 3 heteroatoms. The third-order valence-electron chi connectivity index (χ3n) is 4.79. The van der Waals surface area contributed by atoms with Gasteiger partial charge >= 0.3 is 0 Å². The number of nitrogens with zero attached hydrogens (tertiary/aromatic N) is 1. The Morgan fingerprint density at radius 3 is 2.81 bits per heavy atom. The summed E-state index contributed by atoms with van der Waals surface area (Å²) in [5, 5.41) is 3.58. The van der Waals surface area contributed by atoms with Gasteiger partial charge in [0.25, 0.3) is 0 Å². The normalized spacial score (nSPS) is 24.0. The molecular weight excluding hydrogens is 324 g/mol. The number of rotatable bonds is 5. The molecule has 3 rings (SSSR count). The lowest BCUT2D eigenvalue weighted by Gasteiger charge is -2.21. The highest BCUT2D eigenvalue weighted by Gasteiger charge is 2.20. The lowest BCUT2D eigenvalue weighted by atomic mass is 10.0. The van der Waals surface area contributed by atoms with Crippen molar-refractivity contribution < 1.29 is 0 Å². The van der Waals surface area contributed by atoms with Gasteiger partial charge in [0.15, 0.2) is 0 Å². The second-order valence-electron chi connectivity index (χ2n) is 6.89. The van der Waals surface area contributed by atoms with Gasteiger partial charge in [0, 0.05) is 23.6 Å². The van der Waals surface area contributed by atoms with E-state index in [9.17, 15) is 0 Å². The molecule has 0 amide bonds. The van der Waals surface area contributed by atoms with Crippen LogP contribution < -0.4 is 5.32 Å². The van der Waals surface area contributed by atoms with Crippen molar-refractivity contribution >= 4 is 15.9 Å². The summed E-state index contributed by atoms with van der Waals surface area (Å²) in [6.07, 6.45) is 6.80. The van der Waals surface area contributed by atoms with Crippen molar-refractivity contribution in [3.05, 3.63) is 33.8 Å². The third kappa shape index (κ3) is 4.80. The van der Waals surface area contributed by atoms with Crippen LogP contribution in [0.15, 0.2) is 22.7 Å². The van der Waals surface area contributed by atoms with Gasteiger partial charge in [-0.1, -0.05) is 35.0 Å². The summed E-state index contributed by atoms with van der Waals surface area (Å²) in [7, 11) is 0. The summed E-state index contributed by atoms with van der Waals surface area (Å²) >= 11 is 3.77. The fourth-order valence-electron chi connectivity index (χ4n) is 3.10. The van der Waals surface area contributed by atoms with Crippen LogP contribution in [0.1, 0.15) is 50.2 Å². The topological polar surface area (TPSA) is 15.3 Å². The number of halogens is 1. The molecule has 116 valence electrons. The van der Waals surface area contributed by atoms with Crippen LogP contribution in [0.2, 0.25) is 0 Å². The van der Waals surface area contributed by atoms with Crippen LogP contribution in [0.4, 0.5) is 0 Å². The molecule has 0 bridgehead atoms. The van der Waals surface area contributed by atoms with Crippen LogP contribution in [0.25, 0.3) is 0 Å². The first-order chi connectivity index (χ1) is 10.2. The molecular formula is C18H27BrN2. The van der Waals surface area contributed by atoms with Crippen molar-refractivity contribution in [2.24, 2.45) is 5.92 Å². The van der Waals surface area contributed by atoms with E-state index in [4.69, 9.17) is 0 Å². The highest BCUT2D eigenvalue weighted by molar-refractivity contribution is 9.10. The summed E-state index contributed by atoms with van der Waals surface area (Å²) in [4.78, 5) is 2.62. The monoisotopic (exact) mass is 350 g/mol. The van der Waals surface area contributed by atoms with Gasteiger partial charge in [-0.3, -0.25) is 4.90 Å². The molecule has 1 aromatic rings. The fourth-order valence-corrected chi connectivity index (χ4v) is 3.65. The van der Waals surface area contributed by atoms with Gasteiger partial charge in [-0.2, -0.15) is 0 Å². The molecule has 0 radical (unpaired) electrons. The lowest BCUT2D eigenvalue weighted by molar-refractivity contribution is 0.273. The molecule has 1 saturated heterocycles. The standard InChI is InChI=1S/C18H27BrN2/c1-14-3-2-9-21(10-8-14)13-16-5-4-15(11-18(16)19)12-20-17-6-7-17/h4-5,11,14,17,20H,2-3,6-10,12-13H2,1H3. The highest BCUT2D eigenvalue weighted by Crippen LogP contribution is 2.24. The molecule has 1 unspecified atom stereocenters. The Hall–Kier alpha value is -0.380.